The fraction of sp³-hybridized carbons (Fsp3) is 0.462. The monoisotopic (exact) mass is 356 g/mol. The number of rotatable bonds is 6. The second kappa shape index (κ2) is 8.78. The van der Waals surface area contributed by atoms with Gasteiger partial charge in [-0.05, 0) is 11.4 Å². The third kappa shape index (κ3) is 5.03. The lowest BCUT2D eigenvalue weighted by Gasteiger charge is -2.18. The Labute approximate surface area is 142 Å². The molecule has 1 amide bonds. The summed E-state index contributed by atoms with van der Waals surface area (Å²) < 4.78 is 10.5. The number of carbonyl (C=O) groups excluding carboxylic acids is 1. The fourth-order valence-electron chi connectivity index (χ4n) is 2.09. The number of oxime groups is 1. The van der Waals surface area contributed by atoms with Crippen LogP contribution in [0, 0.1) is 0 Å². The minimum atomic E-state index is -1.40. The smallest absolute Gasteiger partial charge is 0.480 e. The number of ether oxygens (including phenoxy) is 1. The lowest BCUT2D eigenvalue weighted by atomic mass is 9.79. The van der Waals surface area contributed by atoms with Gasteiger partial charge in [0, 0.05) is 0 Å². The maximum absolute atomic E-state index is 12.4. The van der Waals surface area contributed by atoms with E-state index in [9.17, 15) is 14.6 Å². The Morgan fingerprint density at radius 2 is 2.33 bits per heavy atom. The van der Waals surface area contributed by atoms with E-state index in [1.807, 2.05) is 0 Å². The minimum Gasteiger partial charge on any atom is -0.481 e. The highest BCUT2D eigenvalue weighted by Crippen LogP contribution is 2.12. The fourth-order valence-corrected chi connectivity index (χ4v) is 2.80. The highest BCUT2D eigenvalue weighted by Gasteiger charge is 2.36. The molecule has 0 bridgehead atoms. The quantitative estimate of drug-likeness (QED) is 0.356. The molecule has 1 aliphatic heterocycles. The molecular weight excluding hydrogens is 339 g/mol. The number of nitrogens with one attached hydrogen (secondary N) is 1. The second-order valence-corrected chi connectivity index (χ2v) is 5.91. The molecule has 9 nitrogen and oxygen atoms in total. The molecule has 0 aliphatic carbocycles. The van der Waals surface area contributed by atoms with Crippen LogP contribution < -0.4 is 5.32 Å². The van der Waals surface area contributed by atoms with Crippen LogP contribution in [-0.4, -0.2) is 67.2 Å². The van der Waals surface area contributed by atoms with Crippen molar-refractivity contribution in [2.24, 2.45) is 5.16 Å². The van der Waals surface area contributed by atoms with Crippen LogP contribution in [0.1, 0.15) is 11.3 Å². The van der Waals surface area contributed by atoms with E-state index in [-0.39, 0.29) is 25.3 Å². The largest absolute Gasteiger partial charge is 0.481 e. The molecule has 1 aromatic rings. The maximum Gasteiger partial charge on any atom is 0.480 e. The zero-order valence-electron chi connectivity index (χ0n) is 12.9. The van der Waals surface area contributed by atoms with E-state index < -0.39 is 31.0 Å². The van der Waals surface area contributed by atoms with Gasteiger partial charge < -0.3 is 29.7 Å². The van der Waals surface area contributed by atoms with Crippen LogP contribution in [0.5, 0.6) is 0 Å². The van der Waals surface area contributed by atoms with E-state index in [4.69, 9.17) is 19.3 Å². The van der Waals surface area contributed by atoms with Crippen molar-refractivity contribution in [1.82, 2.24) is 5.32 Å². The van der Waals surface area contributed by atoms with E-state index in [2.05, 4.69) is 10.5 Å². The van der Waals surface area contributed by atoms with Crippen molar-refractivity contribution >= 4 is 36.0 Å². The topological polar surface area (TPSA) is 127 Å². The van der Waals surface area contributed by atoms with Crippen molar-refractivity contribution in [3.63, 3.8) is 0 Å². The lowest BCUT2D eigenvalue weighted by molar-refractivity contribution is -0.139. The highest BCUT2D eigenvalue weighted by atomic mass is 32.1. The van der Waals surface area contributed by atoms with Crippen molar-refractivity contribution in [3.05, 3.63) is 22.4 Å². The average molecular weight is 356 g/mol. The molecule has 2 atom stereocenters. The zero-order valence-corrected chi connectivity index (χ0v) is 13.7. The number of thiophene rings is 1. The molecule has 0 spiro atoms. The molecule has 0 radical (unpaired) electrons. The molecule has 2 rings (SSSR count). The van der Waals surface area contributed by atoms with Crippen LogP contribution in [0.15, 0.2) is 22.7 Å². The molecule has 1 aromatic heterocycles. The third-order valence-corrected chi connectivity index (χ3v) is 4.02. The summed E-state index contributed by atoms with van der Waals surface area (Å²) in [5, 5.41) is 26.9. The van der Waals surface area contributed by atoms with Crippen molar-refractivity contribution < 1.29 is 33.9 Å². The van der Waals surface area contributed by atoms with Gasteiger partial charge >= 0.3 is 13.1 Å². The van der Waals surface area contributed by atoms with E-state index in [0.29, 0.717) is 4.88 Å². The summed E-state index contributed by atoms with van der Waals surface area (Å²) in [6, 6.07) is 3.48. The summed E-state index contributed by atoms with van der Waals surface area (Å²) in [6.45, 7) is -0.00655. The first-order valence-corrected chi connectivity index (χ1v) is 7.98. The van der Waals surface area contributed by atoms with Gasteiger partial charge in [0.25, 0.3) is 5.91 Å². The van der Waals surface area contributed by atoms with Gasteiger partial charge in [0.15, 0.2) is 5.71 Å². The van der Waals surface area contributed by atoms with Gasteiger partial charge in [0.2, 0.25) is 0 Å². The van der Waals surface area contributed by atoms with E-state index in [1.54, 1.807) is 17.5 Å². The standard InChI is InChI=1S/C13H17BN2O7S/c1-21-16-12(9-3-2-4-24-9)13(19)15-10-7-22-6-8(5-11(17)18)23-14(10)20/h2-4,8,10,20H,5-7H2,1H3,(H,15,19)(H,17,18)/b16-12+/t8-,10-/m0/s1. The number of carbonyl (C=O) groups is 2. The second-order valence-electron chi connectivity index (χ2n) is 4.96. The summed E-state index contributed by atoms with van der Waals surface area (Å²) in [6.07, 6.45) is -1.09. The molecule has 0 unspecified atom stereocenters. The van der Waals surface area contributed by atoms with Crippen LogP contribution in [0.2, 0.25) is 0 Å². The molecule has 3 N–H and O–H groups in total. The van der Waals surface area contributed by atoms with Crippen LogP contribution in [0.4, 0.5) is 0 Å². The Morgan fingerprint density at radius 3 is 2.96 bits per heavy atom. The van der Waals surface area contributed by atoms with Gasteiger partial charge in [0.1, 0.15) is 7.11 Å². The molecule has 1 aliphatic rings. The van der Waals surface area contributed by atoms with E-state index in [1.165, 1.54) is 18.4 Å². The molecule has 1 saturated heterocycles. The van der Waals surface area contributed by atoms with Gasteiger partial charge in [0.05, 0.1) is 36.6 Å². The molecular formula is C13H17BN2O7S. The highest BCUT2D eigenvalue weighted by molar-refractivity contribution is 7.13. The number of amides is 1. The summed E-state index contributed by atoms with van der Waals surface area (Å²) in [7, 11) is -0.0719. The van der Waals surface area contributed by atoms with Gasteiger partial charge in [-0.2, -0.15) is 0 Å². The van der Waals surface area contributed by atoms with Crippen LogP contribution in [0.25, 0.3) is 0 Å². The molecule has 0 aromatic carbocycles. The van der Waals surface area contributed by atoms with Gasteiger partial charge in [-0.15, -0.1) is 11.3 Å². The summed E-state index contributed by atoms with van der Waals surface area (Å²) in [5.41, 5.74) is 0.0611. The Balaban J connectivity index is 2.02. The molecule has 11 heteroatoms. The Morgan fingerprint density at radius 1 is 1.54 bits per heavy atom. The number of carboxylic acids is 1. The van der Waals surface area contributed by atoms with E-state index in [0.717, 1.165) is 0 Å². The normalized spacial score (nSPS) is 21.9. The summed E-state index contributed by atoms with van der Waals surface area (Å²) in [5.74, 6) is -2.49. The lowest BCUT2D eigenvalue weighted by Crippen LogP contribution is -2.52. The Hall–Kier alpha value is -1.95. The minimum absolute atomic E-state index is 0.0136. The van der Waals surface area contributed by atoms with Crippen LogP contribution in [-0.2, 0) is 23.8 Å². The van der Waals surface area contributed by atoms with Crippen molar-refractivity contribution in [3.8, 4) is 0 Å². The van der Waals surface area contributed by atoms with Crippen molar-refractivity contribution in [2.45, 2.75) is 18.5 Å². The molecule has 2 heterocycles. The predicted octanol–water partition coefficient (Wildman–Crippen LogP) is -0.507. The first-order valence-electron chi connectivity index (χ1n) is 7.10. The Bertz CT molecular complexity index is 595. The SMILES string of the molecule is CO/N=C(/C(=O)N[C@H]1COC[C@H](CC(=O)O)OB1O)c1cccs1. The maximum atomic E-state index is 12.4. The zero-order chi connectivity index (χ0) is 17.5. The summed E-state index contributed by atoms with van der Waals surface area (Å²) >= 11 is 1.31. The van der Waals surface area contributed by atoms with Gasteiger partial charge in [-0.3, -0.25) is 9.59 Å². The molecule has 0 saturated carbocycles. The van der Waals surface area contributed by atoms with Gasteiger partial charge in [-0.1, -0.05) is 11.2 Å². The number of nitrogens with zero attached hydrogens (tertiary/aromatic N) is 1. The number of hydrogen-bond acceptors (Lipinski definition) is 8. The predicted molar refractivity (Wildman–Crippen MR) is 85.7 cm³/mol. The van der Waals surface area contributed by atoms with Crippen LogP contribution in [0.3, 0.4) is 0 Å². The number of carboxylic acid groups (broad SMARTS) is 1. The summed E-state index contributed by atoms with van der Waals surface area (Å²) in [4.78, 5) is 28.4. The van der Waals surface area contributed by atoms with Crippen LogP contribution >= 0.6 is 11.3 Å². The third-order valence-electron chi connectivity index (χ3n) is 3.15. The molecule has 130 valence electrons. The van der Waals surface area contributed by atoms with Gasteiger partial charge in [-0.25, -0.2) is 0 Å². The number of aliphatic carboxylic acids is 1. The number of hydrogen-bond donors (Lipinski definition) is 3. The first kappa shape index (κ1) is 18.4. The first-order chi connectivity index (χ1) is 11.5. The molecule has 1 fully saturated rings. The molecule has 24 heavy (non-hydrogen) atoms. The van der Waals surface area contributed by atoms with Crippen molar-refractivity contribution in [2.75, 3.05) is 20.3 Å². The Kier molecular flexibility index (Phi) is 6.73. The van der Waals surface area contributed by atoms with E-state index >= 15 is 0 Å². The average Bonchev–Trinajstić information content (AvgIpc) is 2.98. The van der Waals surface area contributed by atoms with Crippen molar-refractivity contribution in [1.29, 1.82) is 0 Å².